The summed E-state index contributed by atoms with van der Waals surface area (Å²) in [5.74, 6) is 1.05. The van der Waals surface area contributed by atoms with Gasteiger partial charge < -0.3 is 9.84 Å². The van der Waals surface area contributed by atoms with Gasteiger partial charge in [-0.2, -0.15) is 0 Å². The predicted octanol–water partition coefficient (Wildman–Crippen LogP) is 2.49. The minimum absolute atomic E-state index is 0.218. The summed E-state index contributed by atoms with van der Waals surface area (Å²) >= 11 is 0. The second-order valence-electron chi connectivity index (χ2n) is 4.32. The highest BCUT2D eigenvalue weighted by Crippen LogP contribution is 2.55. The van der Waals surface area contributed by atoms with Crippen LogP contribution in [0.2, 0.25) is 0 Å². The van der Waals surface area contributed by atoms with Gasteiger partial charge in [-0.05, 0) is 32.3 Å². The molecule has 3 heteroatoms. The lowest BCUT2D eigenvalue weighted by Crippen LogP contribution is -2.17. The Morgan fingerprint density at radius 2 is 2.13 bits per heavy atom. The number of allylic oxidation sites excluding steroid dienone is 3. The number of rotatable bonds is 3. The molecule has 82 valence electrons. The van der Waals surface area contributed by atoms with Crippen LogP contribution in [0.25, 0.3) is 0 Å². The molecular weight excluding hydrogens is 192 g/mol. The van der Waals surface area contributed by atoms with E-state index in [-0.39, 0.29) is 11.2 Å². The first-order valence-electron chi connectivity index (χ1n) is 5.28. The summed E-state index contributed by atoms with van der Waals surface area (Å²) in [6, 6.07) is 0. The molecule has 1 saturated carbocycles. The van der Waals surface area contributed by atoms with E-state index in [0.717, 1.165) is 24.8 Å². The van der Waals surface area contributed by atoms with Crippen molar-refractivity contribution in [1.82, 2.24) is 0 Å². The Labute approximate surface area is 89.4 Å². The summed E-state index contributed by atoms with van der Waals surface area (Å²) < 4.78 is 5.08. The molecule has 2 rings (SSSR count). The van der Waals surface area contributed by atoms with Crippen molar-refractivity contribution in [3.8, 4) is 0 Å². The molecule has 0 radical (unpaired) electrons. The third-order valence-corrected chi connectivity index (χ3v) is 3.48. The van der Waals surface area contributed by atoms with Crippen LogP contribution in [0.1, 0.15) is 32.6 Å². The van der Waals surface area contributed by atoms with Gasteiger partial charge in [0.25, 0.3) is 0 Å². The summed E-state index contributed by atoms with van der Waals surface area (Å²) in [4.78, 5) is 11.5. The molecule has 2 aliphatic carbocycles. The fourth-order valence-corrected chi connectivity index (χ4v) is 2.27. The summed E-state index contributed by atoms with van der Waals surface area (Å²) in [6.07, 6.45) is 5.10. The first-order valence-corrected chi connectivity index (χ1v) is 5.28. The Bertz CT molecular complexity index is 359. The van der Waals surface area contributed by atoms with Crippen LogP contribution in [-0.2, 0) is 9.53 Å². The first kappa shape index (κ1) is 10.3. The van der Waals surface area contributed by atoms with Crippen LogP contribution >= 0.6 is 0 Å². The molecule has 0 saturated heterocycles. The molecule has 2 aliphatic rings. The Morgan fingerprint density at radius 3 is 2.60 bits per heavy atom. The van der Waals surface area contributed by atoms with Gasteiger partial charge in [0.15, 0.2) is 5.76 Å². The Kier molecular flexibility index (Phi) is 2.33. The molecule has 0 aromatic rings. The molecule has 0 spiro atoms. The smallest absolute Gasteiger partial charge is 0.156 e. The topological polar surface area (TPSA) is 46.5 Å². The fraction of sp³-hybridized carbons (Fsp3) is 0.583. The molecule has 0 bridgehead atoms. The van der Waals surface area contributed by atoms with Crippen molar-refractivity contribution in [3.63, 3.8) is 0 Å². The van der Waals surface area contributed by atoms with Gasteiger partial charge in [0.2, 0.25) is 0 Å². The molecule has 1 N–H and O–H groups in total. The zero-order valence-corrected chi connectivity index (χ0v) is 9.17. The molecule has 1 fully saturated rings. The van der Waals surface area contributed by atoms with Crippen LogP contribution in [0.5, 0.6) is 0 Å². The van der Waals surface area contributed by atoms with Gasteiger partial charge in [-0.15, -0.1) is 0 Å². The maximum Gasteiger partial charge on any atom is 0.156 e. The SMILES string of the molecule is COC1=C(O)CCC(C2(C(C)=O)CC2)=C1. The highest BCUT2D eigenvalue weighted by Gasteiger charge is 2.50. The summed E-state index contributed by atoms with van der Waals surface area (Å²) in [5, 5.41) is 9.54. The number of ketones is 1. The minimum atomic E-state index is -0.218. The highest BCUT2D eigenvalue weighted by molar-refractivity contribution is 5.88. The lowest BCUT2D eigenvalue weighted by molar-refractivity contribution is -0.120. The molecular formula is C12H16O3. The number of methoxy groups -OCH3 is 1. The normalized spacial score (nSPS) is 23.5. The zero-order chi connectivity index (χ0) is 11.1. The second-order valence-corrected chi connectivity index (χ2v) is 4.32. The predicted molar refractivity (Wildman–Crippen MR) is 56.3 cm³/mol. The van der Waals surface area contributed by atoms with Crippen molar-refractivity contribution in [2.75, 3.05) is 7.11 Å². The summed E-state index contributed by atoms with van der Waals surface area (Å²) in [5.41, 5.74) is 0.912. The van der Waals surface area contributed by atoms with Crippen LogP contribution in [0, 0.1) is 5.41 Å². The van der Waals surface area contributed by atoms with Crippen molar-refractivity contribution in [3.05, 3.63) is 23.2 Å². The minimum Gasteiger partial charge on any atom is -0.508 e. The molecule has 3 nitrogen and oxygen atoms in total. The molecule has 0 aromatic carbocycles. The van der Waals surface area contributed by atoms with E-state index < -0.39 is 0 Å². The van der Waals surface area contributed by atoms with E-state index in [1.54, 1.807) is 14.0 Å². The van der Waals surface area contributed by atoms with Gasteiger partial charge in [0, 0.05) is 6.42 Å². The van der Waals surface area contributed by atoms with Crippen molar-refractivity contribution >= 4 is 5.78 Å². The van der Waals surface area contributed by atoms with Crippen LogP contribution in [0.15, 0.2) is 23.2 Å². The highest BCUT2D eigenvalue weighted by atomic mass is 16.5. The average Bonchev–Trinajstić information content (AvgIpc) is 2.99. The van der Waals surface area contributed by atoms with E-state index >= 15 is 0 Å². The molecule has 0 unspecified atom stereocenters. The first-order chi connectivity index (χ1) is 7.10. The van der Waals surface area contributed by atoms with Gasteiger partial charge >= 0.3 is 0 Å². The van der Waals surface area contributed by atoms with Crippen LogP contribution in [0.3, 0.4) is 0 Å². The monoisotopic (exact) mass is 208 g/mol. The number of ether oxygens (including phenoxy) is 1. The van der Waals surface area contributed by atoms with E-state index in [1.807, 2.05) is 6.08 Å². The van der Waals surface area contributed by atoms with Gasteiger partial charge in [-0.1, -0.05) is 5.57 Å². The summed E-state index contributed by atoms with van der Waals surface area (Å²) in [7, 11) is 1.54. The quantitative estimate of drug-likeness (QED) is 0.775. The van der Waals surface area contributed by atoms with Gasteiger partial charge in [0.1, 0.15) is 11.5 Å². The maximum absolute atomic E-state index is 11.5. The van der Waals surface area contributed by atoms with Crippen LogP contribution < -0.4 is 0 Å². The summed E-state index contributed by atoms with van der Waals surface area (Å²) in [6.45, 7) is 1.65. The third-order valence-electron chi connectivity index (χ3n) is 3.48. The van der Waals surface area contributed by atoms with E-state index in [1.165, 1.54) is 0 Å². The molecule has 0 aliphatic heterocycles. The number of Topliss-reactive ketones (excluding diaryl/α,β-unsaturated/α-hetero) is 1. The largest absolute Gasteiger partial charge is 0.508 e. The van der Waals surface area contributed by atoms with Gasteiger partial charge in [-0.3, -0.25) is 4.79 Å². The van der Waals surface area contributed by atoms with Crippen molar-refractivity contribution in [1.29, 1.82) is 0 Å². The van der Waals surface area contributed by atoms with Crippen molar-refractivity contribution in [2.24, 2.45) is 5.41 Å². The average molecular weight is 208 g/mol. The standard InChI is InChI=1S/C12H16O3/c1-8(13)12(5-6-12)9-3-4-10(14)11(7-9)15-2/h7,14H,3-6H2,1-2H3. The Morgan fingerprint density at radius 1 is 1.47 bits per heavy atom. The van der Waals surface area contributed by atoms with E-state index in [9.17, 15) is 9.90 Å². The number of carbonyl (C=O) groups excluding carboxylic acids is 1. The molecule has 0 amide bonds. The van der Waals surface area contributed by atoms with E-state index in [2.05, 4.69) is 0 Å². The zero-order valence-electron chi connectivity index (χ0n) is 9.17. The Balaban J connectivity index is 2.29. The third kappa shape index (κ3) is 1.56. The molecule has 0 atom stereocenters. The van der Waals surface area contributed by atoms with Gasteiger partial charge in [0.05, 0.1) is 12.5 Å². The second kappa shape index (κ2) is 3.40. The maximum atomic E-state index is 11.5. The fourth-order valence-electron chi connectivity index (χ4n) is 2.27. The lowest BCUT2D eigenvalue weighted by Gasteiger charge is -2.21. The number of aliphatic hydroxyl groups is 1. The van der Waals surface area contributed by atoms with Gasteiger partial charge in [-0.25, -0.2) is 0 Å². The van der Waals surface area contributed by atoms with Crippen LogP contribution in [0.4, 0.5) is 0 Å². The number of hydrogen-bond donors (Lipinski definition) is 1. The van der Waals surface area contributed by atoms with Crippen molar-refractivity contribution < 1.29 is 14.6 Å². The number of aliphatic hydroxyl groups excluding tert-OH is 1. The van der Waals surface area contributed by atoms with E-state index in [0.29, 0.717) is 17.9 Å². The number of carbonyl (C=O) groups is 1. The van der Waals surface area contributed by atoms with E-state index in [4.69, 9.17) is 4.74 Å². The molecule has 0 heterocycles. The van der Waals surface area contributed by atoms with Crippen LogP contribution in [-0.4, -0.2) is 18.0 Å². The lowest BCUT2D eigenvalue weighted by atomic mass is 9.85. The van der Waals surface area contributed by atoms with Crippen molar-refractivity contribution in [2.45, 2.75) is 32.6 Å². The Hall–Kier alpha value is -1.25. The number of hydrogen-bond acceptors (Lipinski definition) is 3. The molecule has 0 aromatic heterocycles. The molecule has 15 heavy (non-hydrogen) atoms.